The lowest BCUT2D eigenvalue weighted by Gasteiger charge is -2.52. The van der Waals surface area contributed by atoms with E-state index in [0.29, 0.717) is 0 Å². The topological polar surface area (TPSA) is 404 Å². The molecule has 26 heteroatoms. The minimum absolute atomic E-state index is 0.723. The zero-order valence-corrected chi connectivity index (χ0v) is 32.9. The van der Waals surface area contributed by atoms with Crippen molar-refractivity contribution in [1.29, 1.82) is 0 Å². The van der Waals surface area contributed by atoms with E-state index in [4.69, 9.17) is 42.6 Å². The number of aliphatic hydroxyl groups is 13. The first-order valence-corrected chi connectivity index (χ1v) is 19.3. The molecule has 0 aromatic rings. The number of hydrogen-bond acceptors (Lipinski definition) is 24. The minimum Gasteiger partial charge on any atom is -0.394 e. The number of amides is 2. The molecule has 26 nitrogen and oxygen atoms in total. The van der Waals surface area contributed by atoms with Crippen LogP contribution in [0.4, 0.5) is 0 Å². The van der Waals surface area contributed by atoms with Gasteiger partial charge >= 0.3 is 0 Å². The highest BCUT2D eigenvalue weighted by Crippen LogP contribution is 2.37. The molecule has 5 aliphatic heterocycles. The molecule has 25 atom stereocenters. The Morgan fingerprint density at radius 3 is 1.37 bits per heavy atom. The van der Waals surface area contributed by atoms with Crippen molar-refractivity contribution in [3.8, 4) is 0 Å². The van der Waals surface area contributed by atoms with Gasteiger partial charge in [0.05, 0.1) is 32.0 Å². The molecular weight excluding hydrogens is 820 g/mol. The normalized spacial score (nSPS) is 50.2. The molecule has 2 amide bonds. The smallest absolute Gasteiger partial charge is 0.217 e. The van der Waals surface area contributed by atoms with Crippen LogP contribution < -0.4 is 10.6 Å². The molecule has 0 aromatic carbocycles. The molecule has 0 saturated carbocycles. The lowest BCUT2D eigenvalue weighted by molar-refractivity contribution is -0.396. The van der Waals surface area contributed by atoms with Gasteiger partial charge in [-0.3, -0.25) is 9.59 Å². The van der Waals surface area contributed by atoms with E-state index >= 15 is 0 Å². The Balaban J connectivity index is 1.57. The quantitative estimate of drug-likeness (QED) is 0.0817. The summed E-state index contributed by atoms with van der Waals surface area (Å²) in [5, 5.41) is 143. The molecule has 5 heterocycles. The molecule has 0 bridgehead atoms. The highest BCUT2D eigenvalue weighted by atomic mass is 16.8. The van der Waals surface area contributed by atoms with E-state index in [2.05, 4.69) is 10.6 Å². The maximum Gasteiger partial charge on any atom is 0.217 e. The van der Waals surface area contributed by atoms with Gasteiger partial charge in [0.2, 0.25) is 11.8 Å². The summed E-state index contributed by atoms with van der Waals surface area (Å²) in [7, 11) is 0. The van der Waals surface area contributed by atoms with Crippen LogP contribution in [0, 0.1) is 0 Å². The van der Waals surface area contributed by atoms with Gasteiger partial charge in [-0.1, -0.05) is 0 Å². The van der Waals surface area contributed by atoms with Crippen LogP contribution >= 0.6 is 0 Å². The number of carbonyl (C=O) groups excluding carboxylic acids is 2. The molecule has 60 heavy (non-hydrogen) atoms. The van der Waals surface area contributed by atoms with Crippen molar-refractivity contribution in [1.82, 2.24) is 10.6 Å². The molecule has 0 radical (unpaired) electrons. The van der Waals surface area contributed by atoms with E-state index in [0.717, 1.165) is 13.8 Å². The van der Waals surface area contributed by atoms with Gasteiger partial charge in [0.1, 0.15) is 110 Å². The van der Waals surface area contributed by atoms with Crippen molar-refractivity contribution in [3.05, 3.63) is 0 Å². The van der Waals surface area contributed by atoms with E-state index in [-0.39, 0.29) is 0 Å². The molecule has 0 aromatic heterocycles. The zero-order valence-electron chi connectivity index (χ0n) is 32.9. The summed E-state index contributed by atoms with van der Waals surface area (Å²) in [6, 6.07) is -3.27. The third-order valence-corrected chi connectivity index (χ3v) is 11.0. The number of nitrogens with one attached hydrogen (secondary N) is 2. The molecule has 5 rings (SSSR count). The summed E-state index contributed by atoms with van der Waals surface area (Å²) in [4.78, 5) is 25.0. The van der Waals surface area contributed by atoms with E-state index in [9.17, 15) is 76.0 Å². The molecule has 0 spiro atoms. The van der Waals surface area contributed by atoms with Gasteiger partial charge in [0, 0.05) is 13.8 Å². The van der Waals surface area contributed by atoms with Gasteiger partial charge in [0.15, 0.2) is 31.5 Å². The second kappa shape index (κ2) is 20.7. The first-order chi connectivity index (χ1) is 28.2. The Bertz CT molecular complexity index is 1410. The molecular formula is C34H58N2O24. The lowest BCUT2D eigenvalue weighted by Crippen LogP contribution is -2.72. The second-order valence-corrected chi connectivity index (χ2v) is 15.4. The first kappa shape index (κ1) is 49.1. The van der Waals surface area contributed by atoms with E-state index in [1.807, 2.05) is 0 Å². The van der Waals surface area contributed by atoms with Crippen molar-refractivity contribution in [2.75, 3.05) is 19.8 Å². The fourth-order valence-electron chi connectivity index (χ4n) is 7.70. The van der Waals surface area contributed by atoms with Crippen molar-refractivity contribution < 1.29 is 119 Å². The van der Waals surface area contributed by atoms with Gasteiger partial charge in [-0.15, -0.1) is 0 Å². The van der Waals surface area contributed by atoms with Gasteiger partial charge in [-0.05, 0) is 13.8 Å². The van der Waals surface area contributed by atoms with Gasteiger partial charge in [0.25, 0.3) is 0 Å². The number of carbonyl (C=O) groups is 2. The highest BCUT2D eigenvalue weighted by Gasteiger charge is 2.58. The molecule has 348 valence electrons. The van der Waals surface area contributed by atoms with Gasteiger partial charge in [-0.25, -0.2) is 0 Å². The summed E-state index contributed by atoms with van der Waals surface area (Å²) in [6.07, 6.45) is -40.4. The first-order valence-electron chi connectivity index (χ1n) is 19.3. The molecule has 5 fully saturated rings. The largest absolute Gasteiger partial charge is 0.394 e. The van der Waals surface area contributed by atoms with Gasteiger partial charge in [-0.2, -0.15) is 0 Å². The van der Waals surface area contributed by atoms with Crippen molar-refractivity contribution in [3.63, 3.8) is 0 Å². The Hall–Kier alpha value is -1.94. The number of hydrogen-bond donors (Lipinski definition) is 15. The fraction of sp³-hybridized carbons (Fsp3) is 0.941. The van der Waals surface area contributed by atoms with E-state index in [1.165, 1.54) is 13.8 Å². The Labute approximate surface area is 342 Å². The molecule has 15 N–H and O–H groups in total. The number of ether oxygens (including phenoxy) is 9. The number of aliphatic hydroxyl groups excluding tert-OH is 13. The predicted octanol–water partition coefficient (Wildman–Crippen LogP) is -9.58. The Kier molecular flexibility index (Phi) is 16.9. The predicted molar refractivity (Wildman–Crippen MR) is 187 cm³/mol. The number of rotatable bonds is 13. The average Bonchev–Trinajstić information content (AvgIpc) is 3.20. The maximum absolute atomic E-state index is 12.9. The fourth-order valence-corrected chi connectivity index (χ4v) is 7.70. The van der Waals surface area contributed by atoms with Crippen LogP contribution in [0.2, 0.25) is 0 Å². The van der Waals surface area contributed by atoms with Crippen molar-refractivity contribution in [2.45, 2.75) is 181 Å². The summed E-state index contributed by atoms with van der Waals surface area (Å²) >= 11 is 0. The summed E-state index contributed by atoms with van der Waals surface area (Å²) in [6.45, 7) is 2.00. The van der Waals surface area contributed by atoms with Crippen molar-refractivity contribution >= 4 is 11.8 Å². The van der Waals surface area contributed by atoms with Crippen LogP contribution in [0.1, 0.15) is 27.7 Å². The summed E-state index contributed by atoms with van der Waals surface area (Å²) in [5.74, 6) is -1.54. The second-order valence-electron chi connectivity index (χ2n) is 15.4. The monoisotopic (exact) mass is 878 g/mol. The van der Waals surface area contributed by atoms with Gasteiger partial charge < -0.3 is 120 Å². The minimum atomic E-state index is -2.03. The maximum atomic E-state index is 12.9. The standard InChI is InChI=1S/C34H58N2O24/c1-8-17(42)21(46)24(49)32(52-8)59-28-16(36-11(4)41)31(58-27-15(35-10(3)40)30(51)54-13(6-38)20(27)45)56-14(7-39)26(28)57-34-29(23(48)19(44)12(5-37)55-34)60-33-25(50)22(47)18(43)9(2)53-33/h8-9,12-34,37-39,42-51H,5-7H2,1-4H3,(H,35,40)(H,36,41)/t8-,9-,12+,13+,14+,15+,16+,17+,18+,19-,20+,21+,22+,23-,24-,25-,26+,27+,28+,29+,30+,31-,32-,33-,34-/m0/s1. The summed E-state index contributed by atoms with van der Waals surface area (Å²) < 4.78 is 52.7. The highest BCUT2D eigenvalue weighted by molar-refractivity contribution is 5.73. The summed E-state index contributed by atoms with van der Waals surface area (Å²) in [5.41, 5.74) is 0. The van der Waals surface area contributed by atoms with Crippen LogP contribution in [0.15, 0.2) is 0 Å². The van der Waals surface area contributed by atoms with Crippen LogP contribution in [0.3, 0.4) is 0 Å². The average molecular weight is 879 g/mol. The lowest BCUT2D eigenvalue weighted by atomic mass is 9.93. The SMILES string of the molecule is CC(=O)N[C@@H]1[C@@H](O[C@@H]2O[C@H](CO)[C@@H](O[C@@H]3O[C@H](CO)[C@H](O)[C@H](O)[C@H]3O[C@@H]3O[C@@H](C)[C@@H](O)[C@@H](O)[C@@H]3O)[C@H](O[C@@H]3O[C@@H](C)[C@@H](O)[C@@H](O)[C@@H]3O)[C@H]2NC(C)=O)[C@H](O)[C@@H](CO)O[C@H]1O. The molecule has 5 aliphatic rings. The molecule has 0 aliphatic carbocycles. The van der Waals surface area contributed by atoms with E-state index in [1.54, 1.807) is 0 Å². The Morgan fingerprint density at radius 1 is 0.433 bits per heavy atom. The van der Waals surface area contributed by atoms with E-state index < -0.39 is 185 Å². The third-order valence-electron chi connectivity index (χ3n) is 11.0. The van der Waals surface area contributed by atoms with Crippen LogP contribution in [0.5, 0.6) is 0 Å². The van der Waals surface area contributed by atoms with Crippen molar-refractivity contribution in [2.24, 2.45) is 0 Å². The molecule has 0 unspecified atom stereocenters. The third kappa shape index (κ3) is 10.4. The van der Waals surface area contributed by atoms with Crippen LogP contribution in [0.25, 0.3) is 0 Å². The zero-order chi connectivity index (χ0) is 44.5. The van der Waals surface area contributed by atoms with Crippen LogP contribution in [-0.2, 0) is 52.2 Å². The Morgan fingerprint density at radius 2 is 0.867 bits per heavy atom. The molecule has 5 saturated heterocycles. The van der Waals surface area contributed by atoms with Crippen LogP contribution in [-0.4, -0.2) is 251 Å².